The molecule has 0 aliphatic carbocycles. The zero-order chi connectivity index (χ0) is 11.6. The van der Waals surface area contributed by atoms with Crippen molar-refractivity contribution in [2.45, 2.75) is 32.5 Å². The second-order valence-electron chi connectivity index (χ2n) is 4.27. The summed E-state index contributed by atoms with van der Waals surface area (Å²) in [5.74, 6) is 0.624. The van der Waals surface area contributed by atoms with Crippen molar-refractivity contribution in [1.29, 1.82) is 0 Å². The molecule has 4 nitrogen and oxygen atoms in total. The highest BCUT2D eigenvalue weighted by molar-refractivity contribution is 7.91. The number of rotatable bonds is 4. The lowest BCUT2D eigenvalue weighted by Crippen LogP contribution is -2.30. The summed E-state index contributed by atoms with van der Waals surface area (Å²) in [7, 11) is -2.77. The average Bonchev–Trinajstić information content (AvgIpc) is 2.81. The Bertz CT molecular complexity index is 450. The highest BCUT2D eigenvalue weighted by Gasteiger charge is 2.27. The van der Waals surface area contributed by atoms with Gasteiger partial charge in [0.1, 0.15) is 0 Å². The minimum absolute atomic E-state index is 0.130. The molecular formula is C11H18N2O2S. The van der Waals surface area contributed by atoms with E-state index in [0.29, 0.717) is 11.5 Å². The van der Waals surface area contributed by atoms with Crippen LogP contribution in [-0.4, -0.2) is 30.5 Å². The van der Waals surface area contributed by atoms with Crippen molar-refractivity contribution in [2.75, 3.05) is 11.5 Å². The second kappa shape index (κ2) is 4.59. The third kappa shape index (κ3) is 2.65. The molecule has 16 heavy (non-hydrogen) atoms. The Hall–Kier alpha value is -0.810. The molecule has 1 atom stereocenters. The van der Waals surface area contributed by atoms with Gasteiger partial charge < -0.3 is 9.88 Å². The van der Waals surface area contributed by atoms with Crippen LogP contribution >= 0.6 is 0 Å². The molecule has 5 heteroatoms. The highest BCUT2D eigenvalue weighted by atomic mass is 32.2. The van der Waals surface area contributed by atoms with Crippen LogP contribution in [0.3, 0.4) is 0 Å². The van der Waals surface area contributed by atoms with Crippen molar-refractivity contribution < 1.29 is 8.42 Å². The Morgan fingerprint density at radius 3 is 3.00 bits per heavy atom. The van der Waals surface area contributed by atoms with Gasteiger partial charge in [0.2, 0.25) is 0 Å². The number of hydrogen-bond acceptors (Lipinski definition) is 3. The first-order valence-corrected chi connectivity index (χ1v) is 7.50. The van der Waals surface area contributed by atoms with E-state index in [-0.39, 0.29) is 6.04 Å². The summed E-state index contributed by atoms with van der Waals surface area (Å²) in [5.41, 5.74) is 1.21. The van der Waals surface area contributed by atoms with Crippen LogP contribution in [0.2, 0.25) is 0 Å². The molecule has 1 aromatic rings. The van der Waals surface area contributed by atoms with Gasteiger partial charge >= 0.3 is 0 Å². The minimum atomic E-state index is -2.77. The van der Waals surface area contributed by atoms with E-state index in [1.165, 1.54) is 5.69 Å². The Kier molecular flexibility index (Phi) is 3.35. The Labute approximate surface area is 96.6 Å². The van der Waals surface area contributed by atoms with Crippen LogP contribution < -0.4 is 5.32 Å². The molecular weight excluding hydrogens is 224 g/mol. The summed E-state index contributed by atoms with van der Waals surface area (Å²) >= 11 is 0. The summed E-state index contributed by atoms with van der Waals surface area (Å²) in [5, 5.41) is 3.31. The third-order valence-electron chi connectivity index (χ3n) is 3.07. The molecule has 0 radical (unpaired) electrons. The van der Waals surface area contributed by atoms with E-state index in [4.69, 9.17) is 0 Å². The Morgan fingerprint density at radius 2 is 2.38 bits per heavy atom. The van der Waals surface area contributed by atoms with Gasteiger partial charge in [-0.25, -0.2) is 8.42 Å². The van der Waals surface area contributed by atoms with Gasteiger partial charge in [0.25, 0.3) is 0 Å². The lowest BCUT2D eigenvalue weighted by molar-refractivity contribution is 0.535. The van der Waals surface area contributed by atoms with Gasteiger partial charge in [0.15, 0.2) is 9.84 Å². The van der Waals surface area contributed by atoms with E-state index in [0.717, 1.165) is 19.5 Å². The van der Waals surface area contributed by atoms with Crippen molar-refractivity contribution in [3.05, 3.63) is 24.0 Å². The van der Waals surface area contributed by atoms with Crippen LogP contribution in [0.5, 0.6) is 0 Å². The topological polar surface area (TPSA) is 51.1 Å². The molecule has 1 N–H and O–H groups in total. The zero-order valence-electron chi connectivity index (χ0n) is 9.52. The van der Waals surface area contributed by atoms with Gasteiger partial charge in [-0.1, -0.05) is 0 Å². The molecule has 2 rings (SSSR count). The van der Waals surface area contributed by atoms with Gasteiger partial charge in [0, 0.05) is 31.0 Å². The standard InChI is InChI=1S/C11H18N2O2S/c1-2-13-6-3-4-11(13)8-12-10-5-7-16(14,15)9-10/h3-4,6,10,12H,2,5,7-9H2,1H3. The van der Waals surface area contributed by atoms with Crippen LogP contribution in [0.4, 0.5) is 0 Å². The number of hydrogen-bond donors (Lipinski definition) is 1. The molecule has 90 valence electrons. The first-order valence-electron chi connectivity index (χ1n) is 5.68. The van der Waals surface area contributed by atoms with Crippen molar-refractivity contribution in [1.82, 2.24) is 9.88 Å². The van der Waals surface area contributed by atoms with Crippen molar-refractivity contribution in [3.8, 4) is 0 Å². The molecule has 0 aromatic carbocycles. The number of aryl methyl sites for hydroxylation is 1. The van der Waals surface area contributed by atoms with Crippen LogP contribution in [0.25, 0.3) is 0 Å². The smallest absolute Gasteiger partial charge is 0.151 e. The van der Waals surface area contributed by atoms with E-state index in [1.54, 1.807) is 0 Å². The SMILES string of the molecule is CCn1cccc1CNC1CCS(=O)(=O)C1. The fourth-order valence-electron chi connectivity index (χ4n) is 2.12. The molecule has 1 aliphatic heterocycles. The first kappa shape index (κ1) is 11.7. The van der Waals surface area contributed by atoms with Crippen LogP contribution in [-0.2, 0) is 22.9 Å². The van der Waals surface area contributed by atoms with Crippen molar-refractivity contribution >= 4 is 9.84 Å². The Morgan fingerprint density at radius 1 is 1.56 bits per heavy atom. The largest absolute Gasteiger partial charge is 0.351 e. The van der Waals surface area contributed by atoms with Gasteiger partial charge in [-0.3, -0.25) is 0 Å². The van der Waals surface area contributed by atoms with Gasteiger partial charge in [-0.2, -0.15) is 0 Å². The average molecular weight is 242 g/mol. The van der Waals surface area contributed by atoms with Gasteiger partial charge in [0.05, 0.1) is 11.5 Å². The highest BCUT2D eigenvalue weighted by Crippen LogP contribution is 2.12. The van der Waals surface area contributed by atoms with E-state index < -0.39 is 9.84 Å². The predicted octanol–water partition coefficient (Wildman–Crippen LogP) is 0.785. The fourth-order valence-corrected chi connectivity index (χ4v) is 3.83. The van der Waals surface area contributed by atoms with E-state index in [2.05, 4.69) is 22.9 Å². The molecule has 1 fully saturated rings. The summed E-state index contributed by atoms with van der Waals surface area (Å²) in [6.45, 7) is 3.80. The monoisotopic (exact) mass is 242 g/mol. The van der Waals surface area contributed by atoms with E-state index in [1.807, 2.05) is 12.3 Å². The number of nitrogens with zero attached hydrogens (tertiary/aromatic N) is 1. The Balaban J connectivity index is 1.89. The van der Waals surface area contributed by atoms with Crippen LogP contribution in [0, 0.1) is 0 Å². The summed E-state index contributed by atoms with van der Waals surface area (Å²) < 4.78 is 24.7. The number of sulfone groups is 1. The summed E-state index contributed by atoms with van der Waals surface area (Å²) in [6, 6.07) is 4.22. The van der Waals surface area contributed by atoms with Crippen molar-refractivity contribution in [2.24, 2.45) is 0 Å². The third-order valence-corrected chi connectivity index (χ3v) is 4.84. The number of aromatic nitrogens is 1. The molecule has 1 aliphatic rings. The lowest BCUT2D eigenvalue weighted by Gasteiger charge is -2.12. The molecule has 0 spiro atoms. The van der Waals surface area contributed by atoms with Crippen LogP contribution in [0.15, 0.2) is 18.3 Å². The first-order chi connectivity index (χ1) is 7.61. The molecule has 2 heterocycles. The molecule has 1 aromatic heterocycles. The minimum Gasteiger partial charge on any atom is -0.351 e. The molecule has 0 saturated carbocycles. The van der Waals surface area contributed by atoms with E-state index in [9.17, 15) is 8.42 Å². The molecule has 1 saturated heterocycles. The maximum Gasteiger partial charge on any atom is 0.151 e. The van der Waals surface area contributed by atoms with Gasteiger partial charge in [-0.05, 0) is 25.5 Å². The van der Waals surface area contributed by atoms with Crippen LogP contribution in [0.1, 0.15) is 19.0 Å². The maximum atomic E-state index is 11.3. The van der Waals surface area contributed by atoms with Crippen molar-refractivity contribution in [3.63, 3.8) is 0 Å². The predicted molar refractivity (Wildman–Crippen MR) is 64.0 cm³/mol. The molecule has 0 bridgehead atoms. The molecule has 1 unspecified atom stereocenters. The van der Waals surface area contributed by atoms with E-state index >= 15 is 0 Å². The second-order valence-corrected chi connectivity index (χ2v) is 6.50. The fraction of sp³-hybridized carbons (Fsp3) is 0.636. The summed E-state index contributed by atoms with van der Waals surface area (Å²) in [6.07, 6.45) is 2.79. The quantitative estimate of drug-likeness (QED) is 0.849. The normalized spacial score (nSPS) is 23.7. The molecule has 0 amide bonds. The zero-order valence-corrected chi connectivity index (χ0v) is 10.3. The summed E-state index contributed by atoms with van der Waals surface area (Å²) in [4.78, 5) is 0. The van der Waals surface area contributed by atoms with Gasteiger partial charge in [-0.15, -0.1) is 0 Å². The number of nitrogens with one attached hydrogen (secondary N) is 1. The lowest BCUT2D eigenvalue weighted by atomic mass is 10.2. The maximum absolute atomic E-state index is 11.3.